The van der Waals surface area contributed by atoms with E-state index < -0.39 is 0 Å². The van der Waals surface area contributed by atoms with Crippen LogP contribution in [0.15, 0.2) is 29.9 Å². The maximum absolute atomic E-state index is 11.7. The number of unbranched alkanes of at least 4 members (excludes halogenated alkanes) is 2. The highest BCUT2D eigenvalue weighted by atomic mass is 32.1. The van der Waals surface area contributed by atoms with Crippen molar-refractivity contribution in [3.8, 4) is 11.3 Å². The predicted molar refractivity (Wildman–Crippen MR) is 78.1 cm³/mol. The molecule has 0 aromatic carbocycles. The molecule has 0 aliphatic rings. The number of nitrogens with one attached hydrogen (secondary N) is 1. The fourth-order valence-corrected chi connectivity index (χ4v) is 2.43. The number of nitrogens with zero attached hydrogens (tertiary/aromatic N) is 2. The summed E-state index contributed by atoms with van der Waals surface area (Å²) in [6.07, 6.45) is 7.20. The molecule has 2 aromatic heterocycles. The summed E-state index contributed by atoms with van der Waals surface area (Å²) in [5.41, 5.74) is 1.81. The molecule has 0 fully saturated rings. The van der Waals surface area contributed by atoms with Crippen LogP contribution in [0.3, 0.4) is 0 Å². The number of hydrogen-bond donors (Lipinski definition) is 1. The minimum Gasteiger partial charge on any atom is -0.302 e. The quantitative estimate of drug-likeness (QED) is 0.817. The molecule has 2 rings (SSSR count). The third-order valence-corrected chi connectivity index (χ3v) is 3.47. The molecule has 5 heteroatoms. The van der Waals surface area contributed by atoms with Gasteiger partial charge in [-0.3, -0.25) is 9.78 Å². The highest BCUT2D eigenvalue weighted by Gasteiger charge is 2.07. The van der Waals surface area contributed by atoms with Crippen LogP contribution >= 0.6 is 11.3 Å². The molecule has 0 saturated heterocycles. The molecular formula is C14H17N3OS. The van der Waals surface area contributed by atoms with Gasteiger partial charge in [0.15, 0.2) is 5.13 Å². The lowest BCUT2D eigenvalue weighted by Crippen LogP contribution is -2.10. The van der Waals surface area contributed by atoms with E-state index in [4.69, 9.17) is 0 Å². The molecule has 0 radical (unpaired) electrons. The number of hydrogen-bond acceptors (Lipinski definition) is 4. The highest BCUT2D eigenvalue weighted by Crippen LogP contribution is 2.24. The van der Waals surface area contributed by atoms with Gasteiger partial charge in [0, 0.05) is 29.8 Å². The minimum absolute atomic E-state index is 0.0422. The van der Waals surface area contributed by atoms with Crippen LogP contribution in [0, 0.1) is 0 Å². The zero-order valence-corrected chi connectivity index (χ0v) is 11.7. The van der Waals surface area contributed by atoms with Crippen LogP contribution in [0.5, 0.6) is 0 Å². The fourth-order valence-electron chi connectivity index (χ4n) is 1.70. The van der Waals surface area contributed by atoms with E-state index in [9.17, 15) is 4.79 Å². The van der Waals surface area contributed by atoms with Crippen molar-refractivity contribution in [2.75, 3.05) is 5.32 Å². The molecule has 0 saturated carbocycles. The number of thiazole rings is 1. The van der Waals surface area contributed by atoms with Gasteiger partial charge in [-0.05, 0) is 18.6 Å². The summed E-state index contributed by atoms with van der Waals surface area (Å²) < 4.78 is 0. The van der Waals surface area contributed by atoms with E-state index in [0.29, 0.717) is 11.6 Å². The minimum atomic E-state index is 0.0422. The van der Waals surface area contributed by atoms with E-state index in [0.717, 1.165) is 30.5 Å². The van der Waals surface area contributed by atoms with Crippen molar-refractivity contribution in [2.45, 2.75) is 32.6 Å². The van der Waals surface area contributed by atoms with E-state index in [1.807, 2.05) is 17.5 Å². The molecule has 100 valence electrons. The van der Waals surface area contributed by atoms with Crippen molar-refractivity contribution in [1.82, 2.24) is 9.97 Å². The topological polar surface area (TPSA) is 54.9 Å². The molecule has 0 unspecified atom stereocenters. The maximum atomic E-state index is 11.7. The summed E-state index contributed by atoms with van der Waals surface area (Å²) in [6.45, 7) is 2.12. The first kappa shape index (κ1) is 13.7. The molecule has 19 heavy (non-hydrogen) atoms. The molecule has 0 aliphatic carbocycles. The number of amides is 1. The molecule has 2 heterocycles. The first-order valence-corrected chi connectivity index (χ1v) is 7.33. The van der Waals surface area contributed by atoms with Crippen molar-refractivity contribution >= 4 is 22.4 Å². The van der Waals surface area contributed by atoms with Gasteiger partial charge in [0.05, 0.1) is 5.69 Å². The zero-order chi connectivity index (χ0) is 13.5. The number of anilines is 1. The Bertz CT molecular complexity index is 524. The normalized spacial score (nSPS) is 10.4. The van der Waals surface area contributed by atoms with Gasteiger partial charge in [-0.1, -0.05) is 19.8 Å². The number of carbonyl (C=O) groups excluding carboxylic acids is 1. The summed E-state index contributed by atoms with van der Waals surface area (Å²) in [5, 5.41) is 5.42. The maximum Gasteiger partial charge on any atom is 0.226 e. The Morgan fingerprint density at radius 2 is 2.32 bits per heavy atom. The number of pyridine rings is 1. The second-order valence-corrected chi connectivity index (χ2v) is 5.14. The zero-order valence-electron chi connectivity index (χ0n) is 10.9. The lowest BCUT2D eigenvalue weighted by molar-refractivity contribution is -0.116. The van der Waals surface area contributed by atoms with Crippen molar-refractivity contribution in [3.05, 3.63) is 29.9 Å². The second kappa shape index (κ2) is 6.99. The van der Waals surface area contributed by atoms with Crippen LogP contribution in [-0.4, -0.2) is 15.9 Å². The lowest BCUT2D eigenvalue weighted by atomic mass is 10.2. The van der Waals surface area contributed by atoms with Crippen molar-refractivity contribution in [3.63, 3.8) is 0 Å². The number of aromatic nitrogens is 2. The van der Waals surface area contributed by atoms with Gasteiger partial charge in [0.25, 0.3) is 0 Å². The molecule has 0 aliphatic heterocycles. The Morgan fingerprint density at radius 1 is 1.42 bits per heavy atom. The SMILES string of the molecule is CCCCCC(=O)Nc1nc(-c2cccnc2)cs1. The van der Waals surface area contributed by atoms with E-state index >= 15 is 0 Å². The summed E-state index contributed by atoms with van der Waals surface area (Å²) in [7, 11) is 0. The van der Waals surface area contributed by atoms with Gasteiger partial charge in [-0.2, -0.15) is 0 Å². The van der Waals surface area contributed by atoms with Crippen LogP contribution in [0.2, 0.25) is 0 Å². The Balaban J connectivity index is 1.93. The number of carbonyl (C=O) groups is 1. The average Bonchev–Trinajstić information content (AvgIpc) is 2.88. The van der Waals surface area contributed by atoms with Crippen LogP contribution in [0.25, 0.3) is 11.3 Å². The average molecular weight is 275 g/mol. The van der Waals surface area contributed by atoms with Crippen molar-refractivity contribution < 1.29 is 4.79 Å². The van der Waals surface area contributed by atoms with Gasteiger partial charge < -0.3 is 5.32 Å². The second-order valence-electron chi connectivity index (χ2n) is 4.28. The standard InChI is InChI=1S/C14H17N3OS/c1-2-3-4-7-13(18)17-14-16-12(10-19-14)11-6-5-8-15-9-11/h5-6,8-10H,2-4,7H2,1H3,(H,16,17,18). The fraction of sp³-hybridized carbons (Fsp3) is 0.357. The predicted octanol–water partition coefficient (Wildman–Crippen LogP) is 3.72. The smallest absolute Gasteiger partial charge is 0.226 e. The van der Waals surface area contributed by atoms with Crippen LogP contribution < -0.4 is 5.32 Å². The third kappa shape index (κ3) is 4.13. The Morgan fingerprint density at radius 3 is 3.05 bits per heavy atom. The van der Waals surface area contributed by atoms with E-state index in [-0.39, 0.29) is 5.91 Å². The molecular weight excluding hydrogens is 258 g/mol. The first-order chi connectivity index (χ1) is 9.29. The van der Waals surface area contributed by atoms with Crippen LogP contribution in [0.1, 0.15) is 32.6 Å². The largest absolute Gasteiger partial charge is 0.302 e. The molecule has 0 spiro atoms. The van der Waals surface area contributed by atoms with E-state index in [2.05, 4.69) is 22.2 Å². The monoisotopic (exact) mass is 275 g/mol. The summed E-state index contributed by atoms with van der Waals surface area (Å²) in [6, 6.07) is 3.83. The Kier molecular flexibility index (Phi) is 5.03. The van der Waals surface area contributed by atoms with Crippen molar-refractivity contribution in [2.24, 2.45) is 0 Å². The Labute approximate surface area is 116 Å². The van der Waals surface area contributed by atoms with Crippen LogP contribution in [-0.2, 0) is 4.79 Å². The molecule has 2 aromatic rings. The van der Waals surface area contributed by atoms with Gasteiger partial charge >= 0.3 is 0 Å². The molecule has 0 bridgehead atoms. The summed E-state index contributed by atoms with van der Waals surface area (Å²) in [4.78, 5) is 20.1. The summed E-state index contributed by atoms with van der Waals surface area (Å²) in [5.74, 6) is 0.0422. The lowest BCUT2D eigenvalue weighted by Gasteiger charge is -2.00. The van der Waals surface area contributed by atoms with Gasteiger partial charge in [0.1, 0.15) is 0 Å². The first-order valence-electron chi connectivity index (χ1n) is 6.45. The molecule has 0 atom stereocenters. The van der Waals surface area contributed by atoms with Crippen molar-refractivity contribution in [1.29, 1.82) is 0 Å². The van der Waals surface area contributed by atoms with Crippen LogP contribution in [0.4, 0.5) is 5.13 Å². The molecule has 1 amide bonds. The van der Waals surface area contributed by atoms with Gasteiger partial charge in [0.2, 0.25) is 5.91 Å². The molecule has 4 nitrogen and oxygen atoms in total. The number of rotatable bonds is 6. The molecule has 1 N–H and O–H groups in total. The van der Waals surface area contributed by atoms with Gasteiger partial charge in [-0.25, -0.2) is 4.98 Å². The third-order valence-electron chi connectivity index (χ3n) is 2.72. The summed E-state index contributed by atoms with van der Waals surface area (Å²) >= 11 is 1.44. The Hall–Kier alpha value is -1.75. The van der Waals surface area contributed by atoms with E-state index in [1.54, 1.807) is 12.4 Å². The van der Waals surface area contributed by atoms with Gasteiger partial charge in [-0.15, -0.1) is 11.3 Å². The van der Waals surface area contributed by atoms with E-state index in [1.165, 1.54) is 11.3 Å². The highest BCUT2D eigenvalue weighted by molar-refractivity contribution is 7.14.